The molecule has 0 aliphatic carbocycles. The molecule has 1 aliphatic rings. The molecule has 0 bridgehead atoms. The molecule has 2 heterocycles. The smallest absolute Gasteiger partial charge is 0.416 e. The minimum Gasteiger partial charge on any atom is -0.454 e. The molecule has 1 aromatic heterocycles. The van der Waals surface area contributed by atoms with Crippen LogP contribution in [0, 0.1) is 0 Å². The molecule has 5 rings (SSSR count). The molecule has 4 aromatic rings. The molecule has 0 radical (unpaired) electrons. The van der Waals surface area contributed by atoms with Crippen LogP contribution in [-0.4, -0.2) is 26.1 Å². The number of amides is 1. The van der Waals surface area contributed by atoms with E-state index in [9.17, 15) is 31.2 Å². The summed E-state index contributed by atoms with van der Waals surface area (Å²) in [5.41, 5.74) is -1.25. The summed E-state index contributed by atoms with van der Waals surface area (Å²) < 4.78 is 77.1. The minimum atomic E-state index is -4.64. The van der Waals surface area contributed by atoms with Crippen LogP contribution in [0.15, 0.2) is 76.6 Å². The zero-order valence-electron chi connectivity index (χ0n) is 19.3. The number of nitrogens with one attached hydrogen (secondary N) is 3. The number of ether oxygens (including phenoxy) is 2. The monoisotopic (exact) mass is 545 g/mol. The Bertz CT molecular complexity index is 1730. The second-order valence-electron chi connectivity index (χ2n) is 8.29. The second-order valence-corrected chi connectivity index (χ2v) is 9.98. The van der Waals surface area contributed by atoms with Crippen LogP contribution >= 0.6 is 0 Å². The molecule has 196 valence electrons. The SMILES string of the molecule is O=C(NCc1ccc2c(c1)OCO2)c1c[nH]c2cc(S(=O)(=O)Nc3cccc(C(F)(F)F)c3)ccc2c1=O. The van der Waals surface area contributed by atoms with Gasteiger partial charge in [-0.25, -0.2) is 8.42 Å². The number of hydrogen-bond donors (Lipinski definition) is 3. The maximum Gasteiger partial charge on any atom is 0.416 e. The number of aromatic amines is 1. The number of halogens is 3. The van der Waals surface area contributed by atoms with Crippen LogP contribution in [0.1, 0.15) is 21.5 Å². The van der Waals surface area contributed by atoms with E-state index in [2.05, 4.69) is 15.0 Å². The Kier molecular flexibility index (Phi) is 6.23. The predicted octanol–water partition coefficient (Wildman–Crippen LogP) is 4.01. The maximum absolute atomic E-state index is 13.0. The molecule has 0 atom stereocenters. The zero-order valence-corrected chi connectivity index (χ0v) is 20.1. The zero-order chi connectivity index (χ0) is 27.1. The van der Waals surface area contributed by atoms with Crippen molar-refractivity contribution in [3.8, 4) is 11.5 Å². The number of aromatic nitrogens is 1. The normalized spacial score (nSPS) is 12.9. The molecule has 0 saturated carbocycles. The molecule has 3 N–H and O–H groups in total. The van der Waals surface area contributed by atoms with Crippen molar-refractivity contribution in [2.24, 2.45) is 0 Å². The molecule has 3 aromatic carbocycles. The summed E-state index contributed by atoms with van der Waals surface area (Å²) in [6, 6.07) is 12.4. The summed E-state index contributed by atoms with van der Waals surface area (Å²) >= 11 is 0. The van der Waals surface area contributed by atoms with Crippen LogP contribution in [0.5, 0.6) is 11.5 Å². The summed E-state index contributed by atoms with van der Waals surface area (Å²) in [6.45, 7) is 0.229. The van der Waals surface area contributed by atoms with Gasteiger partial charge < -0.3 is 19.8 Å². The molecule has 0 fully saturated rings. The number of alkyl halides is 3. The number of anilines is 1. The first kappa shape index (κ1) is 25.1. The van der Waals surface area contributed by atoms with Crippen LogP contribution in [-0.2, 0) is 22.7 Å². The summed E-state index contributed by atoms with van der Waals surface area (Å²) in [7, 11) is -4.29. The molecular weight excluding hydrogens is 527 g/mol. The molecule has 1 amide bonds. The van der Waals surface area contributed by atoms with E-state index in [-0.39, 0.29) is 40.4 Å². The molecule has 0 saturated heterocycles. The average Bonchev–Trinajstić information content (AvgIpc) is 3.35. The van der Waals surface area contributed by atoms with E-state index in [0.29, 0.717) is 17.6 Å². The van der Waals surface area contributed by atoms with Gasteiger partial charge in [0.2, 0.25) is 12.2 Å². The van der Waals surface area contributed by atoms with Gasteiger partial charge >= 0.3 is 6.18 Å². The topological polar surface area (TPSA) is 127 Å². The largest absolute Gasteiger partial charge is 0.454 e. The Balaban J connectivity index is 1.35. The number of rotatable bonds is 6. The van der Waals surface area contributed by atoms with Crippen molar-refractivity contribution in [1.29, 1.82) is 0 Å². The van der Waals surface area contributed by atoms with Crippen LogP contribution in [0.2, 0.25) is 0 Å². The molecule has 13 heteroatoms. The lowest BCUT2D eigenvalue weighted by atomic mass is 10.1. The van der Waals surface area contributed by atoms with Crippen LogP contribution in [0.3, 0.4) is 0 Å². The Labute approximate surface area is 213 Å². The number of H-pyrrole nitrogens is 1. The predicted molar refractivity (Wildman–Crippen MR) is 131 cm³/mol. The lowest BCUT2D eigenvalue weighted by molar-refractivity contribution is -0.137. The first-order valence-corrected chi connectivity index (χ1v) is 12.5. The third-order valence-corrected chi connectivity index (χ3v) is 7.12. The standard InChI is InChI=1S/C25H18F3N3O6S/c26-25(27,28)15-2-1-3-16(9-15)31-38(34,35)17-5-6-18-20(10-17)29-12-19(23(18)32)24(33)30-11-14-4-7-21-22(8-14)37-13-36-21/h1-10,12,31H,11,13H2,(H,29,32)(H,30,33). The molecule has 0 spiro atoms. The quantitative estimate of drug-likeness (QED) is 0.336. The van der Waals surface area contributed by atoms with Gasteiger partial charge in [-0.3, -0.25) is 14.3 Å². The van der Waals surface area contributed by atoms with E-state index in [1.54, 1.807) is 18.2 Å². The van der Waals surface area contributed by atoms with Gasteiger partial charge in [0.25, 0.3) is 15.9 Å². The van der Waals surface area contributed by atoms with Crippen molar-refractivity contribution in [3.63, 3.8) is 0 Å². The highest BCUT2D eigenvalue weighted by molar-refractivity contribution is 7.92. The second kappa shape index (κ2) is 9.41. The third-order valence-electron chi connectivity index (χ3n) is 5.74. The van der Waals surface area contributed by atoms with E-state index in [0.717, 1.165) is 36.0 Å². The third kappa shape index (κ3) is 5.00. The fourth-order valence-electron chi connectivity index (χ4n) is 3.84. The first-order chi connectivity index (χ1) is 18.0. The van der Waals surface area contributed by atoms with Gasteiger partial charge in [0.05, 0.1) is 16.0 Å². The minimum absolute atomic E-state index is 0.0544. The van der Waals surface area contributed by atoms with Crippen LogP contribution < -0.4 is 24.9 Å². The summed E-state index contributed by atoms with van der Waals surface area (Å²) in [6.07, 6.45) is -3.48. The number of sulfonamides is 1. The van der Waals surface area contributed by atoms with Crippen molar-refractivity contribution in [1.82, 2.24) is 10.3 Å². The molecule has 9 nitrogen and oxygen atoms in total. The Morgan fingerprint density at radius 3 is 2.58 bits per heavy atom. The summed E-state index contributed by atoms with van der Waals surface area (Å²) in [5.74, 6) is 0.500. The van der Waals surface area contributed by atoms with Crippen molar-refractivity contribution in [2.45, 2.75) is 17.6 Å². The highest BCUT2D eigenvalue weighted by Crippen LogP contribution is 2.33. The first-order valence-electron chi connectivity index (χ1n) is 11.0. The van der Waals surface area contributed by atoms with Gasteiger partial charge in [-0.1, -0.05) is 12.1 Å². The molecular formula is C25H18F3N3O6S. The van der Waals surface area contributed by atoms with Gasteiger partial charge in [-0.15, -0.1) is 0 Å². The van der Waals surface area contributed by atoms with Gasteiger partial charge in [-0.05, 0) is 54.1 Å². The number of fused-ring (bicyclic) bond motifs is 2. The highest BCUT2D eigenvalue weighted by Gasteiger charge is 2.31. The number of pyridine rings is 1. The average molecular weight is 545 g/mol. The van der Waals surface area contributed by atoms with Gasteiger partial charge in [0.1, 0.15) is 5.56 Å². The summed E-state index contributed by atoms with van der Waals surface area (Å²) in [5, 5.41) is 2.70. The summed E-state index contributed by atoms with van der Waals surface area (Å²) in [4.78, 5) is 28.0. The van der Waals surface area contributed by atoms with Crippen molar-refractivity contribution in [3.05, 3.63) is 93.8 Å². The highest BCUT2D eigenvalue weighted by atomic mass is 32.2. The van der Waals surface area contributed by atoms with E-state index in [4.69, 9.17) is 9.47 Å². The Hall–Kier alpha value is -4.52. The van der Waals surface area contributed by atoms with Crippen LogP contribution in [0.4, 0.5) is 18.9 Å². The molecule has 0 unspecified atom stereocenters. The van der Waals surface area contributed by atoms with E-state index < -0.39 is 33.1 Å². The number of carbonyl (C=O) groups excluding carboxylic acids is 1. The fraction of sp³-hybridized carbons (Fsp3) is 0.120. The Morgan fingerprint density at radius 1 is 1.00 bits per heavy atom. The molecule has 38 heavy (non-hydrogen) atoms. The fourth-order valence-corrected chi connectivity index (χ4v) is 4.91. The van der Waals surface area contributed by atoms with Crippen molar-refractivity contribution >= 4 is 32.5 Å². The van der Waals surface area contributed by atoms with Crippen molar-refractivity contribution < 1.29 is 35.9 Å². The number of hydrogen-bond acceptors (Lipinski definition) is 6. The van der Waals surface area contributed by atoms with E-state index in [1.165, 1.54) is 12.1 Å². The van der Waals surface area contributed by atoms with E-state index in [1.807, 2.05) is 0 Å². The lowest BCUT2D eigenvalue weighted by Crippen LogP contribution is -2.28. The van der Waals surface area contributed by atoms with Crippen LogP contribution in [0.25, 0.3) is 10.9 Å². The number of benzene rings is 3. The Morgan fingerprint density at radius 2 is 1.79 bits per heavy atom. The van der Waals surface area contributed by atoms with Gasteiger partial charge in [-0.2, -0.15) is 13.2 Å². The van der Waals surface area contributed by atoms with Gasteiger partial charge in [0.15, 0.2) is 11.5 Å². The number of carbonyl (C=O) groups is 1. The van der Waals surface area contributed by atoms with Crippen molar-refractivity contribution in [2.75, 3.05) is 11.5 Å². The van der Waals surface area contributed by atoms with E-state index >= 15 is 0 Å². The lowest BCUT2D eigenvalue weighted by Gasteiger charge is -2.12. The maximum atomic E-state index is 13.0. The molecule has 1 aliphatic heterocycles. The van der Waals surface area contributed by atoms with Gasteiger partial charge in [0, 0.05) is 23.8 Å².